The molecule has 0 radical (unpaired) electrons. The number of hydrogen-bond donors (Lipinski definition) is 2. The van der Waals surface area contributed by atoms with Crippen LogP contribution in [0.3, 0.4) is 0 Å². The number of nitrogens with zero attached hydrogens (tertiary/aromatic N) is 1. The van der Waals surface area contributed by atoms with Gasteiger partial charge in [-0.1, -0.05) is 35.3 Å². The summed E-state index contributed by atoms with van der Waals surface area (Å²) in [5, 5.41) is 12.0. The highest BCUT2D eigenvalue weighted by Gasteiger charge is 2.13. The van der Waals surface area contributed by atoms with Gasteiger partial charge in [0.2, 0.25) is 0 Å². The van der Waals surface area contributed by atoms with Gasteiger partial charge in [-0.2, -0.15) is 0 Å². The maximum atomic E-state index is 11.5. The zero-order valence-electron chi connectivity index (χ0n) is 15.6. The molecular formula is C18H21Br2Cl3N2O3. The van der Waals surface area contributed by atoms with Gasteiger partial charge in [0.1, 0.15) is 0 Å². The van der Waals surface area contributed by atoms with Gasteiger partial charge in [0, 0.05) is 23.0 Å². The highest BCUT2D eigenvalue weighted by atomic mass is 79.9. The molecule has 0 heterocycles. The summed E-state index contributed by atoms with van der Waals surface area (Å²) in [5.74, 6) is -1.11. The zero-order valence-corrected chi connectivity index (χ0v) is 21.1. The van der Waals surface area contributed by atoms with Crippen molar-refractivity contribution in [3.05, 3.63) is 66.5 Å². The van der Waals surface area contributed by atoms with E-state index in [4.69, 9.17) is 28.3 Å². The van der Waals surface area contributed by atoms with Crippen molar-refractivity contribution < 1.29 is 14.7 Å². The monoisotopic (exact) mass is 576 g/mol. The van der Waals surface area contributed by atoms with Crippen molar-refractivity contribution in [3.8, 4) is 0 Å². The number of nitrogens with one attached hydrogen (secondary N) is 1. The van der Waals surface area contributed by atoms with Gasteiger partial charge < -0.3 is 15.3 Å². The molecule has 5 nitrogen and oxygen atoms in total. The van der Waals surface area contributed by atoms with Crippen LogP contribution < -0.4 is 5.32 Å². The number of rotatable bonds is 2. The molecule has 0 spiro atoms. The van der Waals surface area contributed by atoms with Gasteiger partial charge in [-0.25, -0.2) is 4.79 Å². The average Bonchev–Trinajstić information content (AvgIpc) is 2.60. The number of amides is 1. The van der Waals surface area contributed by atoms with E-state index in [1.54, 1.807) is 44.4 Å². The second kappa shape index (κ2) is 15.1. The number of halogens is 5. The van der Waals surface area contributed by atoms with E-state index in [1.165, 1.54) is 11.0 Å². The van der Waals surface area contributed by atoms with E-state index in [-0.39, 0.29) is 28.9 Å². The van der Waals surface area contributed by atoms with Crippen molar-refractivity contribution >= 4 is 79.3 Å². The van der Waals surface area contributed by atoms with Gasteiger partial charge in [-0.15, -0.1) is 12.4 Å². The van der Waals surface area contributed by atoms with Crippen LogP contribution in [0.2, 0.25) is 10.0 Å². The molecule has 0 fully saturated rings. The summed E-state index contributed by atoms with van der Waals surface area (Å²) in [5.41, 5.74) is 0.627. The third-order valence-electron chi connectivity index (χ3n) is 2.77. The maximum absolute atomic E-state index is 11.5. The normalized spacial score (nSPS) is 9.00. The molecule has 0 saturated carbocycles. The van der Waals surface area contributed by atoms with Crippen LogP contribution in [-0.2, 0) is 0 Å². The molecule has 156 valence electrons. The standard InChI is InChI=1S/C9H9BrClNO.C7H4BrClO2.C2H7N.ClH/c1-12(2)9(13)6-4-3-5-7(10)8(6)11;8-5-3-1-2-4(6(5)9)7(10)11;1-3-2;/h3-5H,1-2H3;1-3H,(H,10,11);3H,1-2H3;1H. The lowest BCUT2D eigenvalue weighted by molar-refractivity contribution is 0.0696. The molecule has 0 aromatic heterocycles. The SMILES string of the molecule is CN(C)C(=O)c1cccc(Br)c1Cl.CNC.Cl.O=C(O)c1cccc(Br)c1Cl. The lowest BCUT2D eigenvalue weighted by atomic mass is 10.2. The van der Waals surface area contributed by atoms with E-state index < -0.39 is 5.97 Å². The Morgan fingerprint density at radius 1 is 0.929 bits per heavy atom. The molecule has 0 aliphatic heterocycles. The van der Waals surface area contributed by atoms with E-state index in [2.05, 4.69) is 37.2 Å². The molecule has 28 heavy (non-hydrogen) atoms. The van der Waals surface area contributed by atoms with Crippen molar-refractivity contribution in [1.29, 1.82) is 0 Å². The van der Waals surface area contributed by atoms with Crippen LogP contribution in [-0.4, -0.2) is 50.1 Å². The fourth-order valence-corrected chi connectivity index (χ4v) is 2.72. The molecule has 2 rings (SSSR count). The number of carbonyl (C=O) groups is 2. The van der Waals surface area contributed by atoms with Crippen LogP contribution in [0.5, 0.6) is 0 Å². The van der Waals surface area contributed by atoms with Gasteiger partial charge >= 0.3 is 5.97 Å². The Balaban J connectivity index is 0. The molecule has 2 N–H and O–H groups in total. The number of hydrogen-bond acceptors (Lipinski definition) is 3. The van der Waals surface area contributed by atoms with Crippen LogP contribution in [0, 0.1) is 0 Å². The summed E-state index contributed by atoms with van der Waals surface area (Å²) < 4.78 is 1.33. The van der Waals surface area contributed by atoms with Crippen molar-refractivity contribution in [2.75, 3.05) is 28.2 Å². The number of carboxylic acids is 1. The molecular weight excluding hydrogens is 558 g/mol. The Kier molecular flexibility index (Phi) is 15.8. The van der Waals surface area contributed by atoms with Gasteiger partial charge in [0.15, 0.2) is 0 Å². The first kappa shape index (κ1) is 29.4. The molecule has 1 amide bonds. The number of carbonyl (C=O) groups excluding carboxylic acids is 1. The van der Waals surface area contributed by atoms with Crippen LogP contribution >= 0.6 is 67.5 Å². The number of benzene rings is 2. The molecule has 0 aliphatic carbocycles. The Bertz CT molecular complexity index is 791. The van der Waals surface area contributed by atoms with Crippen LogP contribution in [0.1, 0.15) is 20.7 Å². The predicted molar refractivity (Wildman–Crippen MR) is 126 cm³/mol. The second-order valence-corrected chi connectivity index (χ2v) is 7.67. The van der Waals surface area contributed by atoms with Crippen molar-refractivity contribution in [3.63, 3.8) is 0 Å². The van der Waals surface area contributed by atoms with E-state index in [0.717, 1.165) is 4.47 Å². The lowest BCUT2D eigenvalue weighted by Gasteiger charge is -2.11. The van der Waals surface area contributed by atoms with Crippen molar-refractivity contribution in [1.82, 2.24) is 10.2 Å². The van der Waals surface area contributed by atoms with Crippen LogP contribution in [0.15, 0.2) is 45.3 Å². The summed E-state index contributed by atoms with van der Waals surface area (Å²) >= 11 is 18.0. The highest BCUT2D eigenvalue weighted by Crippen LogP contribution is 2.26. The minimum absolute atomic E-state index is 0. The molecule has 0 aliphatic rings. The van der Waals surface area contributed by atoms with Crippen LogP contribution in [0.25, 0.3) is 0 Å². The Labute approximate surface area is 198 Å². The topological polar surface area (TPSA) is 69.6 Å². The molecule has 2 aromatic carbocycles. The molecule has 0 saturated heterocycles. The van der Waals surface area contributed by atoms with E-state index in [9.17, 15) is 9.59 Å². The van der Waals surface area contributed by atoms with E-state index in [1.807, 2.05) is 14.1 Å². The summed E-state index contributed by atoms with van der Waals surface area (Å²) in [6.07, 6.45) is 0. The molecule has 0 unspecified atom stereocenters. The maximum Gasteiger partial charge on any atom is 0.337 e. The first-order valence-electron chi connectivity index (χ1n) is 7.49. The number of aromatic carboxylic acids is 1. The van der Waals surface area contributed by atoms with Crippen LogP contribution in [0.4, 0.5) is 0 Å². The largest absolute Gasteiger partial charge is 0.478 e. The fraction of sp³-hybridized carbons (Fsp3) is 0.222. The minimum atomic E-state index is -1.02. The van der Waals surface area contributed by atoms with Crippen molar-refractivity contribution in [2.45, 2.75) is 0 Å². The summed E-state index contributed by atoms with van der Waals surface area (Å²) in [6.45, 7) is 0. The molecule has 10 heteroatoms. The predicted octanol–water partition coefficient (Wildman–Crippen LogP) is 5.86. The molecule has 0 bridgehead atoms. The lowest BCUT2D eigenvalue weighted by Crippen LogP contribution is -2.21. The summed E-state index contributed by atoms with van der Waals surface area (Å²) in [7, 11) is 7.14. The van der Waals surface area contributed by atoms with Gasteiger partial charge in [-0.3, -0.25) is 4.79 Å². The first-order chi connectivity index (χ1) is 12.6. The van der Waals surface area contributed by atoms with E-state index in [0.29, 0.717) is 15.1 Å². The van der Waals surface area contributed by atoms with Crippen molar-refractivity contribution in [2.24, 2.45) is 0 Å². The smallest absolute Gasteiger partial charge is 0.337 e. The Morgan fingerprint density at radius 3 is 1.61 bits per heavy atom. The Morgan fingerprint density at radius 2 is 1.29 bits per heavy atom. The summed E-state index contributed by atoms with van der Waals surface area (Å²) in [4.78, 5) is 23.5. The fourth-order valence-electron chi connectivity index (χ4n) is 1.58. The minimum Gasteiger partial charge on any atom is -0.478 e. The zero-order chi connectivity index (χ0) is 21.1. The highest BCUT2D eigenvalue weighted by molar-refractivity contribution is 9.10. The average molecular weight is 580 g/mol. The second-order valence-electron chi connectivity index (χ2n) is 5.21. The van der Waals surface area contributed by atoms with Gasteiger partial charge in [0.25, 0.3) is 5.91 Å². The quantitative estimate of drug-likeness (QED) is 0.468. The number of carboxylic acid groups (broad SMARTS) is 1. The third kappa shape index (κ3) is 9.58. The van der Waals surface area contributed by atoms with E-state index >= 15 is 0 Å². The van der Waals surface area contributed by atoms with Gasteiger partial charge in [0.05, 0.1) is 21.2 Å². The first-order valence-corrected chi connectivity index (χ1v) is 9.84. The Hall–Kier alpha value is -0.830. The molecule has 2 aromatic rings. The summed E-state index contributed by atoms with van der Waals surface area (Å²) in [6, 6.07) is 10.1. The molecule has 0 atom stereocenters. The van der Waals surface area contributed by atoms with Gasteiger partial charge in [-0.05, 0) is 70.2 Å². The third-order valence-corrected chi connectivity index (χ3v) is 5.36.